The second-order valence-corrected chi connectivity index (χ2v) is 6.02. The van der Waals surface area contributed by atoms with Gasteiger partial charge in [0.1, 0.15) is 0 Å². The molecule has 100 valence electrons. The topological polar surface area (TPSA) is 23.5 Å². The third-order valence-corrected chi connectivity index (χ3v) is 4.11. The van der Waals surface area contributed by atoms with E-state index in [-0.39, 0.29) is 6.10 Å². The summed E-state index contributed by atoms with van der Waals surface area (Å²) in [5, 5.41) is 10.4. The maximum absolute atomic E-state index is 10.4. The summed E-state index contributed by atoms with van der Waals surface area (Å²) in [6.07, 6.45) is 0.886. The Bertz CT molecular complexity index is 416. The normalized spacial score (nSPS) is 26.5. The minimum atomic E-state index is -0.363. The van der Waals surface area contributed by atoms with Gasteiger partial charge in [0.2, 0.25) is 0 Å². The maximum atomic E-state index is 10.4. The first-order valence-corrected chi connectivity index (χ1v) is 6.96. The lowest BCUT2D eigenvalue weighted by atomic mass is 10.0. The smallest absolute Gasteiger partial charge is 0.0919 e. The molecule has 1 saturated heterocycles. The number of likely N-dealkylation sites (tertiary alicyclic amines) is 1. The Morgan fingerprint density at radius 1 is 1.33 bits per heavy atom. The van der Waals surface area contributed by atoms with Crippen molar-refractivity contribution in [1.29, 1.82) is 0 Å². The van der Waals surface area contributed by atoms with Crippen molar-refractivity contribution in [3.63, 3.8) is 0 Å². The molecule has 1 aliphatic heterocycles. The molecule has 0 bridgehead atoms. The lowest BCUT2D eigenvalue weighted by molar-refractivity contribution is 0.108. The number of benzene rings is 1. The molecule has 2 rings (SSSR count). The molecule has 0 aromatic heterocycles. The van der Waals surface area contributed by atoms with Gasteiger partial charge in [-0.15, -0.1) is 0 Å². The van der Waals surface area contributed by atoms with Crippen molar-refractivity contribution in [3.8, 4) is 0 Å². The van der Waals surface area contributed by atoms with Crippen LogP contribution < -0.4 is 0 Å². The van der Waals surface area contributed by atoms with E-state index < -0.39 is 0 Å². The molecule has 0 radical (unpaired) electrons. The average molecular weight is 247 g/mol. The Morgan fingerprint density at radius 2 is 2.06 bits per heavy atom. The Balaban J connectivity index is 2.07. The van der Waals surface area contributed by atoms with Crippen LogP contribution in [0.2, 0.25) is 0 Å². The van der Waals surface area contributed by atoms with Gasteiger partial charge < -0.3 is 5.11 Å². The average Bonchev–Trinajstić information content (AvgIpc) is 2.61. The fraction of sp³-hybridized carbons (Fsp3) is 0.625. The van der Waals surface area contributed by atoms with Gasteiger partial charge in [0, 0.05) is 19.1 Å². The highest BCUT2D eigenvalue weighted by molar-refractivity contribution is 5.32. The SMILES string of the molecule is Cc1ccc(C)c(C(O)CN2CC(C)CC2C)c1. The van der Waals surface area contributed by atoms with E-state index in [0.717, 1.165) is 24.6 Å². The summed E-state index contributed by atoms with van der Waals surface area (Å²) in [6.45, 7) is 10.6. The molecule has 2 nitrogen and oxygen atoms in total. The summed E-state index contributed by atoms with van der Waals surface area (Å²) >= 11 is 0. The zero-order chi connectivity index (χ0) is 13.3. The minimum absolute atomic E-state index is 0.363. The molecule has 1 aliphatic rings. The summed E-state index contributed by atoms with van der Waals surface area (Å²) < 4.78 is 0. The molecule has 1 aromatic carbocycles. The van der Waals surface area contributed by atoms with Crippen molar-refractivity contribution >= 4 is 0 Å². The number of hydrogen-bond acceptors (Lipinski definition) is 2. The third kappa shape index (κ3) is 2.93. The minimum Gasteiger partial charge on any atom is -0.387 e. The number of rotatable bonds is 3. The molecule has 0 amide bonds. The maximum Gasteiger partial charge on any atom is 0.0919 e. The van der Waals surface area contributed by atoms with Crippen molar-refractivity contribution in [3.05, 3.63) is 34.9 Å². The predicted molar refractivity (Wildman–Crippen MR) is 75.7 cm³/mol. The molecule has 0 aliphatic carbocycles. The lowest BCUT2D eigenvalue weighted by Crippen LogP contribution is -2.31. The van der Waals surface area contributed by atoms with E-state index >= 15 is 0 Å². The number of nitrogens with zero attached hydrogens (tertiary/aromatic N) is 1. The standard InChI is InChI=1S/C16H25NO/c1-11-5-6-13(3)15(8-11)16(18)10-17-9-12(2)7-14(17)4/h5-6,8,12,14,16,18H,7,9-10H2,1-4H3. The van der Waals surface area contributed by atoms with Crippen LogP contribution in [-0.2, 0) is 0 Å². The lowest BCUT2D eigenvalue weighted by Gasteiger charge is -2.25. The molecule has 1 fully saturated rings. The zero-order valence-corrected chi connectivity index (χ0v) is 12.0. The number of hydrogen-bond donors (Lipinski definition) is 1. The van der Waals surface area contributed by atoms with E-state index in [1.165, 1.54) is 17.5 Å². The first kappa shape index (κ1) is 13.6. The van der Waals surface area contributed by atoms with Crippen LogP contribution in [0.5, 0.6) is 0 Å². The van der Waals surface area contributed by atoms with E-state index in [1.807, 2.05) is 0 Å². The van der Waals surface area contributed by atoms with Crippen molar-refractivity contribution in [2.75, 3.05) is 13.1 Å². The molecule has 2 heteroatoms. The quantitative estimate of drug-likeness (QED) is 0.887. The van der Waals surface area contributed by atoms with Crippen LogP contribution in [0.1, 0.15) is 43.1 Å². The molecule has 18 heavy (non-hydrogen) atoms. The predicted octanol–water partition coefficient (Wildman–Crippen LogP) is 3.07. The van der Waals surface area contributed by atoms with Gasteiger partial charge in [0.15, 0.2) is 0 Å². The summed E-state index contributed by atoms with van der Waals surface area (Å²) in [6, 6.07) is 6.92. The molecule has 0 saturated carbocycles. The number of aryl methyl sites for hydroxylation is 2. The summed E-state index contributed by atoms with van der Waals surface area (Å²) in [5.74, 6) is 0.755. The molecular weight excluding hydrogens is 222 g/mol. The third-order valence-electron chi connectivity index (χ3n) is 4.11. The second-order valence-electron chi connectivity index (χ2n) is 6.02. The first-order valence-electron chi connectivity index (χ1n) is 6.96. The van der Waals surface area contributed by atoms with Crippen molar-refractivity contribution < 1.29 is 5.11 Å². The molecule has 1 N–H and O–H groups in total. The summed E-state index contributed by atoms with van der Waals surface area (Å²) in [7, 11) is 0. The van der Waals surface area contributed by atoms with Gasteiger partial charge in [0.05, 0.1) is 6.10 Å². The number of β-amino-alcohol motifs (C(OH)–C–C–N with tert-alkyl or cyclic N) is 1. The molecular formula is C16H25NO. The highest BCUT2D eigenvalue weighted by Crippen LogP contribution is 2.26. The molecule has 3 atom stereocenters. The van der Waals surface area contributed by atoms with E-state index in [2.05, 4.69) is 50.8 Å². The molecule has 1 aromatic rings. The van der Waals surface area contributed by atoms with Gasteiger partial charge >= 0.3 is 0 Å². The molecule has 1 heterocycles. The molecule has 0 spiro atoms. The van der Waals surface area contributed by atoms with Crippen LogP contribution in [0.3, 0.4) is 0 Å². The van der Waals surface area contributed by atoms with E-state index in [9.17, 15) is 5.11 Å². The van der Waals surface area contributed by atoms with Crippen molar-refractivity contribution in [2.45, 2.75) is 46.3 Å². The van der Waals surface area contributed by atoms with E-state index in [4.69, 9.17) is 0 Å². The highest BCUT2D eigenvalue weighted by atomic mass is 16.3. The Labute approximate surface area is 111 Å². The van der Waals surface area contributed by atoms with Crippen LogP contribution in [-0.4, -0.2) is 29.1 Å². The number of aliphatic hydroxyl groups excluding tert-OH is 1. The van der Waals surface area contributed by atoms with Gasteiger partial charge in [-0.2, -0.15) is 0 Å². The zero-order valence-electron chi connectivity index (χ0n) is 12.0. The molecule has 3 unspecified atom stereocenters. The van der Waals surface area contributed by atoms with Crippen LogP contribution in [0.4, 0.5) is 0 Å². The summed E-state index contributed by atoms with van der Waals surface area (Å²) in [4.78, 5) is 2.41. The van der Waals surface area contributed by atoms with Crippen molar-refractivity contribution in [2.24, 2.45) is 5.92 Å². The Hall–Kier alpha value is -0.860. The van der Waals surface area contributed by atoms with Gasteiger partial charge in [-0.05, 0) is 44.2 Å². The number of aliphatic hydroxyl groups is 1. The van der Waals surface area contributed by atoms with Crippen LogP contribution >= 0.6 is 0 Å². The van der Waals surface area contributed by atoms with E-state index in [0.29, 0.717) is 6.04 Å². The Kier molecular flexibility index (Phi) is 4.08. The Morgan fingerprint density at radius 3 is 2.67 bits per heavy atom. The summed E-state index contributed by atoms with van der Waals surface area (Å²) in [5.41, 5.74) is 3.49. The van der Waals surface area contributed by atoms with Gasteiger partial charge in [0.25, 0.3) is 0 Å². The second kappa shape index (κ2) is 5.41. The van der Waals surface area contributed by atoms with Gasteiger partial charge in [-0.1, -0.05) is 30.7 Å². The first-order chi connectivity index (χ1) is 8.47. The van der Waals surface area contributed by atoms with E-state index in [1.54, 1.807) is 0 Å². The van der Waals surface area contributed by atoms with Crippen LogP contribution in [0.25, 0.3) is 0 Å². The largest absolute Gasteiger partial charge is 0.387 e. The van der Waals surface area contributed by atoms with Gasteiger partial charge in [-0.3, -0.25) is 4.90 Å². The van der Waals surface area contributed by atoms with Crippen LogP contribution in [0.15, 0.2) is 18.2 Å². The van der Waals surface area contributed by atoms with Crippen molar-refractivity contribution in [1.82, 2.24) is 4.90 Å². The monoisotopic (exact) mass is 247 g/mol. The van der Waals surface area contributed by atoms with Crippen LogP contribution in [0, 0.1) is 19.8 Å². The fourth-order valence-corrected chi connectivity index (χ4v) is 3.08. The highest BCUT2D eigenvalue weighted by Gasteiger charge is 2.28. The fourth-order valence-electron chi connectivity index (χ4n) is 3.08. The van der Waals surface area contributed by atoms with Gasteiger partial charge in [-0.25, -0.2) is 0 Å².